The maximum Gasteiger partial charge on any atom is 0.0834 e. The van der Waals surface area contributed by atoms with Gasteiger partial charge in [0, 0.05) is 18.0 Å². The zero-order valence-corrected chi connectivity index (χ0v) is 14.4. The highest BCUT2D eigenvalue weighted by Gasteiger charge is 2.40. The Morgan fingerprint density at radius 3 is 2.63 bits per heavy atom. The predicted octanol–water partition coefficient (Wildman–Crippen LogP) is 4.24. The SMILES string of the molecule is CNC(Cc1ccc(Br)s1)C1(OC)CCC(C)CC1. The smallest absolute Gasteiger partial charge is 0.0834 e. The first-order valence-electron chi connectivity index (χ1n) is 7.06. The van der Waals surface area contributed by atoms with Crippen LogP contribution in [-0.4, -0.2) is 25.8 Å². The Kier molecular flexibility index (Phi) is 5.46. The fourth-order valence-electron chi connectivity index (χ4n) is 3.16. The van der Waals surface area contributed by atoms with E-state index in [1.54, 1.807) is 0 Å². The Balaban J connectivity index is 2.10. The van der Waals surface area contributed by atoms with Crippen molar-refractivity contribution >= 4 is 27.3 Å². The molecule has 2 rings (SSSR count). The summed E-state index contributed by atoms with van der Waals surface area (Å²) in [7, 11) is 3.94. The minimum Gasteiger partial charge on any atom is -0.377 e. The van der Waals surface area contributed by atoms with Crippen LogP contribution in [0.5, 0.6) is 0 Å². The standard InChI is InChI=1S/C15H24BrNOS/c1-11-6-8-15(18-3,9-7-11)13(17-2)10-12-4-5-14(16)19-12/h4-5,11,13,17H,6-10H2,1-3H3. The van der Waals surface area contributed by atoms with Gasteiger partial charge in [0.2, 0.25) is 0 Å². The van der Waals surface area contributed by atoms with Crippen LogP contribution < -0.4 is 5.32 Å². The van der Waals surface area contributed by atoms with E-state index in [2.05, 4.69) is 47.4 Å². The molecular formula is C15H24BrNOS. The van der Waals surface area contributed by atoms with E-state index in [1.165, 1.54) is 34.3 Å². The van der Waals surface area contributed by atoms with Gasteiger partial charge in [0.25, 0.3) is 0 Å². The first-order chi connectivity index (χ1) is 9.09. The number of nitrogens with one attached hydrogen (secondary N) is 1. The van der Waals surface area contributed by atoms with Gasteiger partial charge in [-0.15, -0.1) is 11.3 Å². The molecule has 1 atom stereocenters. The van der Waals surface area contributed by atoms with E-state index in [1.807, 2.05) is 18.4 Å². The number of hydrogen-bond donors (Lipinski definition) is 1. The molecule has 0 saturated heterocycles. The van der Waals surface area contributed by atoms with Gasteiger partial charge in [-0.2, -0.15) is 0 Å². The second-order valence-corrected chi connectivity index (χ2v) is 8.25. The summed E-state index contributed by atoms with van der Waals surface area (Å²) >= 11 is 5.37. The van der Waals surface area contributed by atoms with Crippen molar-refractivity contribution in [2.45, 2.75) is 50.7 Å². The minimum absolute atomic E-state index is 0.0116. The van der Waals surface area contributed by atoms with E-state index in [0.717, 1.165) is 12.3 Å². The molecule has 1 N–H and O–H groups in total. The predicted molar refractivity (Wildman–Crippen MR) is 85.9 cm³/mol. The van der Waals surface area contributed by atoms with Gasteiger partial charge in [0.15, 0.2) is 0 Å². The second-order valence-electron chi connectivity index (χ2n) is 5.70. The largest absolute Gasteiger partial charge is 0.377 e. The van der Waals surface area contributed by atoms with E-state index in [4.69, 9.17) is 4.74 Å². The zero-order valence-electron chi connectivity index (χ0n) is 12.0. The monoisotopic (exact) mass is 345 g/mol. The molecule has 0 radical (unpaired) electrons. The number of likely N-dealkylation sites (N-methyl/N-ethyl adjacent to an activating group) is 1. The van der Waals surface area contributed by atoms with E-state index < -0.39 is 0 Å². The Morgan fingerprint density at radius 2 is 2.16 bits per heavy atom. The number of rotatable bonds is 5. The van der Waals surface area contributed by atoms with E-state index in [0.29, 0.717) is 6.04 Å². The average Bonchev–Trinajstić information content (AvgIpc) is 2.83. The Hall–Kier alpha value is 0.1000. The van der Waals surface area contributed by atoms with Crippen LogP contribution in [0.3, 0.4) is 0 Å². The summed E-state index contributed by atoms with van der Waals surface area (Å²) in [4.78, 5) is 1.42. The molecule has 1 heterocycles. The molecule has 1 fully saturated rings. The number of thiophene rings is 1. The van der Waals surface area contributed by atoms with Gasteiger partial charge >= 0.3 is 0 Å². The van der Waals surface area contributed by atoms with Gasteiger partial charge in [-0.25, -0.2) is 0 Å². The summed E-state index contributed by atoms with van der Waals surface area (Å²) in [5.41, 5.74) is 0.0116. The van der Waals surface area contributed by atoms with Crippen molar-refractivity contribution in [3.63, 3.8) is 0 Å². The van der Waals surface area contributed by atoms with Crippen LogP contribution in [0.25, 0.3) is 0 Å². The summed E-state index contributed by atoms with van der Waals surface area (Å²) in [6, 6.07) is 4.75. The van der Waals surface area contributed by atoms with Crippen molar-refractivity contribution in [3.8, 4) is 0 Å². The quantitative estimate of drug-likeness (QED) is 0.861. The molecule has 0 spiro atoms. The lowest BCUT2D eigenvalue weighted by atomic mass is 9.74. The lowest BCUT2D eigenvalue weighted by Gasteiger charge is -2.44. The van der Waals surface area contributed by atoms with Crippen molar-refractivity contribution in [3.05, 3.63) is 20.8 Å². The normalized spacial score (nSPS) is 29.4. The molecule has 108 valence electrons. The van der Waals surface area contributed by atoms with E-state index in [9.17, 15) is 0 Å². The summed E-state index contributed by atoms with van der Waals surface area (Å²) in [5.74, 6) is 0.844. The highest BCUT2D eigenvalue weighted by molar-refractivity contribution is 9.11. The first kappa shape index (κ1) is 15.5. The highest BCUT2D eigenvalue weighted by atomic mass is 79.9. The summed E-state index contributed by atoms with van der Waals surface area (Å²) < 4.78 is 7.20. The summed E-state index contributed by atoms with van der Waals surface area (Å²) in [6.07, 6.45) is 5.95. The zero-order chi connectivity index (χ0) is 13.9. The molecule has 1 saturated carbocycles. The van der Waals surface area contributed by atoms with Crippen molar-refractivity contribution in [2.75, 3.05) is 14.2 Å². The van der Waals surface area contributed by atoms with Crippen LogP contribution >= 0.6 is 27.3 Å². The van der Waals surface area contributed by atoms with Crippen LogP contribution in [0.15, 0.2) is 15.9 Å². The molecular weight excluding hydrogens is 322 g/mol. The van der Waals surface area contributed by atoms with Gasteiger partial charge in [0.05, 0.1) is 9.39 Å². The summed E-state index contributed by atoms with van der Waals surface area (Å²) in [6.45, 7) is 2.35. The van der Waals surface area contributed by atoms with Gasteiger partial charge in [-0.1, -0.05) is 6.92 Å². The third-order valence-electron chi connectivity index (χ3n) is 4.54. The molecule has 0 aliphatic heterocycles. The van der Waals surface area contributed by atoms with Crippen molar-refractivity contribution in [1.82, 2.24) is 5.32 Å². The molecule has 1 unspecified atom stereocenters. The molecule has 4 heteroatoms. The van der Waals surface area contributed by atoms with Crippen molar-refractivity contribution in [2.24, 2.45) is 5.92 Å². The number of methoxy groups -OCH3 is 1. The van der Waals surface area contributed by atoms with Crippen LogP contribution in [0.1, 0.15) is 37.5 Å². The average molecular weight is 346 g/mol. The Labute approximate surface area is 129 Å². The van der Waals surface area contributed by atoms with Crippen LogP contribution in [0.4, 0.5) is 0 Å². The molecule has 0 aromatic carbocycles. The topological polar surface area (TPSA) is 21.3 Å². The van der Waals surface area contributed by atoms with Crippen LogP contribution in [-0.2, 0) is 11.2 Å². The van der Waals surface area contributed by atoms with Gasteiger partial charge in [-0.05, 0) is 73.1 Å². The lowest BCUT2D eigenvalue weighted by molar-refractivity contribution is -0.0729. The molecule has 0 amide bonds. The maximum absolute atomic E-state index is 5.99. The molecule has 1 aliphatic carbocycles. The van der Waals surface area contributed by atoms with Crippen molar-refractivity contribution < 1.29 is 4.74 Å². The van der Waals surface area contributed by atoms with Crippen LogP contribution in [0, 0.1) is 5.92 Å². The fraction of sp³-hybridized carbons (Fsp3) is 0.733. The maximum atomic E-state index is 5.99. The molecule has 1 aromatic rings. The molecule has 2 nitrogen and oxygen atoms in total. The number of ether oxygens (including phenoxy) is 1. The molecule has 0 bridgehead atoms. The lowest BCUT2D eigenvalue weighted by Crippen LogP contribution is -2.53. The van der Waals surface area contributed by atoms with Gasteiger partial charge < -0.3 is 10.1 Å². The van der Waals surface area contributed by atoms with E-state index >= 15 is 0 Å². The number of halogens is 1. The third-order valence-corrected chi connectivity index (χ3v) is 6.19. The Bertz CT molecular complexity index is 399. The third kappa shape index (κ3) is 3.60. The van der Waals surface area contributed by atoms with Gasteiger partial charge in [-0.3, -0.25) is 0 Å². The van der Waals surface area contributed by atoms with Crippen LogP contribution in [0.2, 0.25) is 0 Å². The first-order valence-corrected chi connectivity index (χ1v) is 8.67. The fourth-order valence-corrected chi connectivity index (χ4v) is 4.69. The Morgan fingerprint density at radius 1 is 1.47 bits per heavy atom. The second kappa shape index (κ2) is 6.70. The highest BCUT2D eigenvalue weighted by Crippen LogP contribution is 2.38. The molecule has 1 aliphatic rings. The minimum atomic E-state index is 0.0116. The van der Waals surface area contributed by atoms with Gasteiger partial charge in [0.1, 0.15) is 0 Å². The molecule has 1 aromatic heterocycles. The summed E-state index contributed by atoms with van der Waals surface area (Å²) in [5, 5.41) is 3.50. The van der Waals surface area contributed by atoms with E-state index in [-0.39, 0.29) is 5.60 Å². The number of hydrogen-bond acceptors (Lipinski definition) is 3. The molecule has 19 heavy (non-hydrogen) atoms. The van der Waals surface area contributed by atoms with Crippen molar-refractivity contribution in [1.29, 1.82) is 0 Å².